The van der Waals surface area contributed by atoms with E-state index in [4.69, 9.17) is 19.3 Å². The van der Waals surface area contributed by atoms with E-state index < -0.39 is 11.9 Å². The number of aliphatic carboxylic acids is 1. The van der Waals surface area contributed by atoms with Crippen LogP contribution in [0.4, 0.5) is 4.39 Å². The van der Waals surface area contributed by atoms with Crippen LogP contribution in [0.1, 0.15) is 31.4 Å². The van der Waals surface area contributed by atoms with Crippen LogP contribution in [-0.4, -0.2) is 30.3 Å². The molecule has 0 unspecified atom stereocenters. The number of carboxylic acid groups (broad SMARTS) is 1. The van der Waals surface area contributed by atoms with Gasteiger partial charge >= 0.3 is 11.9 Å². The summed E-state index contributed by atoms with van der Waals surface area (Å²) in [5.74, 6) is -0.321. The number of halogens is 1. The van der Waals surface area contributed by atoms with Gasteiger partial charge < -0.3 is 19.3 Å². The van der Waals surface area contributed by atoms with Crippen LogP contribution in [-0.2, 0) is 16.0 Å². The average Bonchev–Trinajstić information content (AvgIpc) is 2.83. The maximum atomic E-state index is 13.4. The van der Waals surface area contributed by atoms with Gasteiger partial charge in [-0.2, -0.15) is 0 Å². The van der Waals surface area contributed by atoms with E-state index in [1.807, 2.05) is 19.1 Å². The van der Waals surface area contributed by atoms with Gasteiger partial charge in [-0.25, -0.2) is 9.18 Å². The van der Waals surface area contributed by atoms with Crippen molar-refractivity contribution in [1.29, 1.82) is 0 Å². The van der Waals surface area contributed by atoms with E-state index in [1.165, 1.54) is 25.1 Å². The Kier molecular flexibility index (Phi) is 9.01. The van der Waals surface area contributed by atoms with Crippen molar-refractivity contribution in [2.45, 2.75) is 26.7 Å². The van der Waals surface area contributed by atoms with E-state index in [0.717, 1.165) is 17.2 Å². The molecule has 0 radical (unpaired) electrons. The van der Waals surface area contributed by atoms with Crippen molar-refractivity contribution in [3.8, 4) is 28.4 Å². The highest BCUT2D eigenvalue weighted by Crippen LogP contribution is 2.37. The van der Waals surface area contributed by atoms with E-state index >= 15 is 0 Å². The normalized spacial score (nSPS) is 10.8. The lowest BCUT2D eigenvalue weighted by molar-refractivity contribution is -0.132. The number of esters is 1. The lowest BCUT2D eigenvalue weighted by atomic mass is 10.00. The molecule has 6 nitrogen and oxygen atoms in total. The summed E-state index contributed by atoms with van der Waals surface area (Å²) in [5.41, 5.74) is 3.00. The minimum atomic E-state index is -1.03. The summed E-state index contributed by atoms with van der Waals surface area (Å²) >= 11 is 0. The van der Waals surface area contributed by atoms with Gasteiger partial charge in [-0.15, -0.1) is 0 Å². The van der Waals surface area contributed by atoms with Crippen molar-refractivity contribution in [1.82, 2.24) is 0 Å². The Balaban J connectivity index is 1.69. The fourth-order valence-corrected chi connectivity index (χ4v) is 3.44. The lowest BCUT2D eigenvalue weighted by Gasteiger charge is -2.16. The number of ether oxygens (including phenoxy) is 3. The summed E-state index contributed by atoms with van der Waals surface area (Å²) in [4.78, 5) is 22.5. The van der Waals surface area contributed by atoms with E-state index in [9.17, 15) is 14.0 Å². The third kappa shape index (κ3) is 7.43. The molecule has 0 aliphatic rings. The molecular formula is C28H27FO6. The summed E-state index contributed by atoms with van der Waals surface area (Å²) in [6, 6.07) is 16.7. The van der Waals surface area contributed by atoms with Crippen molar-refractivity contribution < 1.29 is 33.3 Å². The van der Waals surface area contributed by atoms with Gasteiger partial charge in [0.15, 0.2) is 0 Å². The van der Waals surface area contributed by atoms with E-state index in [1.54, 1.807) is 36.4 Å². The number of hydrogen-bond donors (Lipinski definition) is 1. The molecule has 7 heteroatoms. The van der Waals surface area contributed by atoms with Gasteiger partial charge in [-0.05, 0) is 47.9 Å². The highest BCUT2D eigenvalue weighted by molar-refractivity contribution is 5.85. The smallest absolute Gasteiger partial charge is 0.328 e. The molecule has 0 heterocycles. The molecule has 1 N–H and O–H groups in total. The maximum absolute atomic E-state index is 13.4. The molecule has 3 aromatic rings. The fourth-order valence-electron chi connectivity index (χ4n) is 3.44. The molecule has 182 valence electrons. The lowest BCUT2D eigenvalue weighted by Crippen LogP contribution is -2.08. The molecule has 3 rings (SSSR count). The Morgan fingerprint density at radius 3 is 2.29 bits per heavy atom. The zero-order chi connectivity index (χ0) is 25.2. The zero-order valence-electron chi connectivity index (χ0n) is 19.6. The van der Waals surface area contributed by atoms with Crippen LogP contribution in [0.25, 0.3) is 17.2 Å². The second-order valence-electron chi connectivity index (χ2n) is 7.67. The van der Waals surface area contributed by atoms with Crippen LogP contribution >= 0.6 is 0 Å². The number of hydrogen-bond acceptors (Lipinski definition) is 5. The minimum Gasteiger partial charge on any atom is -0.493 e. The summed E-state index contributed by atoms with van der Waals surface area (Å²) < 4.78 is 30.6. The van der Waals surface area contributed by atoms with E-state index in [-0.39, 0.29) is 5.82 Å². The van der Waals surface area contributed by atoms with Crippen LogP contribution in [0.3, 0.4) is 0 Å². The second-order valence-corrected chi connectivity index (χ2v) is 7.67. The third-order valence-corrected chi connectivity index (χ3v) is 5.08. The standard InChI is InChI=1S/C28H27FO6/c1-3-20-17-24(21-9-12-23(29)13-10-21)27(35-19(2)30)18-26(20)34-16-6-15-33-25-8-5-4-7-22(25)11-14-28(31)32/h4-5,7-14,17-18H,3,6,15-16H2,1-2H3,(H,31,32)/b14-11+. The first-order valence-electron chi connectivity index (χ1n) is 11.2. The van der Waals surface area contributed by atoms with Gasteiger partial charge in [0.05, 0.1) is 13.2 Å². The van der Waals surface area contributed by atoms with Crippen molar-refractivity contribution in [2.24, 2.45) is 0 Å². The first-order valence-corrected chi connectivity index (χ1v) is 11.2. The highest BCUT2D eigenvalue weighted by Gasteiger charge is 2.15. The molecule has 0 amide bonds. The maximum Gasteiger partial charge on any atom is 0.328 e. The predicted octanol–water partition coefficient (Wildman–Crippen LogP) is 5.93. The summed E-state index contributed by atoms with van der Waals surface area (Å²) in [6.45, 7) is 4.04. The number of aryl methyl sites for hydroxylation is 1. The predicted molar refractivity (Wildman–Crippen MR) is 131 cm³/mol. The molecule has 0 spiro atoms. The first kappa shape index (κ1) is 25.5. The van der Waals surface area contributed by atoms with Crippen molar-refractivity contribution >= 4 is 18.0 Å². The molecule has 0 saturated heterocycles. The summed E-state index contributed by atoms with van der Waals surface area (Å²) in [7, 11) is 0. The molecule has 3 aromatic carbocycles. The van der Waals surface area contributed by atoms with Gasteiger partial charge in [-0.1, -0.05) is 37.3 Å². The van der Waals surface area contributed by atoms with Gasteiger partial charge in [0.25, 0.3) is 0 Å². The molecule has 0 fully saturated rings. The molecule has 0 saturated carbocycles. The Morgan fingerprint density at radius 2 is 1.63 bits per heavy atom. The molecule has 0 aromatic heterocycles. The summed E-state index contributed by atoms with van der Waals surface area (Å²) in [5, 5.41) is 8.84. The molecular weight excluding hydrogens is 451 g/mol. The molecule has 0 aliphatic heterocycles. The van der Waals surface area contributed by atoms with E-state index in [2.05, 4.69) is 0 Å². The van der Waals surface area contributed by atoms with E-state index in [0.29, 0.717) is 54.4 Å². The van der Waals surface area contributed by atoms with Gasteiger partial charge in [-0.3, -0.25) is 4.79 Å². The number of benzene rings is 3. The molecule has 35 heavy (non-hydrogen) atoms. The number of carboxylic acids is 1. The quantitative estimate of drug-likeness (QED) is 0.159. The molecule has 0 aliphatic carbocycles. The monoisotopic (exact) mass is 478 g/mol. The van der Waals surface area contributed by atoms with Crippen LogP contribution in [0, 0.1) is 5.82 Å². The van der Waals surface area contributed by atoms with Crippen molar-refractivity contribution in [2.75, 3.05) is 13.2 Å². The van der Waals surface area contributed by atoms with Crippen molar-refractivity contribution in [3.63, 3.8) is 0 Å². The Labute approximate surface area is 203 Å². The number of carbonyl (C=O) groups excluding carboxylic acids is 1. The van der Waals surface area contributed by atoms with Gasteiger partial charge in [0, 0.05) is 36.6 Å². The minimum absolute atomic E-state index is 0.340. The zero-order valence-corrected chi connectivity index (χ0v) is 19.6. The largest absolute Gasteiger partial charge is 0.493 e. The van der Waals surface area contributed by atoms with Crippen molar-refractivity contribution in [3.05, 3.63) is 83.7 Å². The molecule has 0 atom stereocenters. The fraction of sp³-hybridized carbons (Fsp3) is 0.214. The van der Waals surface area contributed by atoms with Gasteiger partial charge in [0.2, 0.25) is 0 Å². The molecule has 0 bridgehead atoms. The Morgan fingerprint density at radius 1 is 0.943 bits per heavy atom. The van der Waals surface area contributed by atoms with Crippen LogP contribution in [0.2, 0.25) is 0 Å². The Bertz CT molecular complexity index is 1200. The van der Waals surface area contributed by atoms with Crippen LogP contribution in [0.5, 0.6) is 17.2 Å². The van der Waals surface area contributed by atoms with Crippen LogP contribution in [0.15, 0.2) is 66.7 Å². The Hall–Kier alpha value is -4.13. The number of rotatable bonds is 11. The SMILES string of the molecule is CCc1cc(-c2ccc(F)cc2)c(OC(C)=O)cc1OCCCOc1ccccc1/C=C/C(=O)O. The topological polar surface area (TPSA) is 82.1 Å². The average molecular weight is 479 g/mol. The van der Waals surface area contributed by atoms with Gasteiger partial charge in [0.1, 0.15) is 23.1 Å². The number of carbonyl (C=O) groups is 2. The van der Waals surface area contributed by atoms with Crippen LogP contribution < -0.4 is 14.2 Å². The first-order chi connectivity index (χ1) is 16.9. The number of para-hydroxylation sites is 1. The highest BCUT2D eigenvalue weighted by atomic mass is 19.1. The second kappa shape index (κ2) is 12.4. The third-order valence-electron chi connectivity index (χ3n) is 5.08. The summed E-state index contributed by atoms with van der Waals surface area (Å²) in [6.07, 6.45) is 3.81.